The molecule has 2 N–H and O–H groups in total. The number of benzene rings is 2. The van der Waals surface area contributed by atoms with Crippen molar-refractivity contribution >= 4 is 38.4 Å². The molecule has 3 aromatic rings. The highest BCUT2D eigenvalue weighted by atomic mass is 79.9. The van der Waals surface area contributed by atoms with Gasteiger partial charge < -0.3 is 19.9 Å². The maximum absolute atomic E-state index is 12.8. The second-order valence-corrected chi connectivity index (χ2v) is 6.98. The summed E-state index contributed by atoms with van der Waals surface area (Å²) in [5.41, 5.74) is 2.07. The van der Waals surface area contributed by atoms with Crippen molar-refractivity contribution in [1.29, 1.82) is 0 Å². The van der Waals surface area contributed by atoms with E-state index in [2.05, 4.69) is 45.0 Å². The number of H-pyrrole nitrogens is 1. The van der Waals surface area contributed by atoms with E-state index in [0.29, 0.717) is 23.7 Å². The van der Waals surface area contributed by atoms with Crippen LogP contribution in [-0.4, -0.2) is 42.0 Å². The fourth-order valence-electron chi connectivity index (χ4n) is 2.97. The van der Waals surface area contributed by atoms with E-state index in [9.17, 15) is 4.79 Å². The van der Waals surface area contributed by atoms with Crippen molar-refractivity contribution in [2.75, 3.05) is 31.6 Å². The van der Waals surface area contributed by atoms with Gasteiger partial charge in [0.15, 0.2) is 0 Å². The Balaban J connectivity index is 1.73. The number of fused-ring (bicyclic) bond motifs is 1. The molecule has 0 radical (unpaired) electrons. The number of para-hydroxylation sites is 3. The normalized spacial score (nSPS) is 11.1. The van der Waals surface area contributed by atoms with Crippen LogP contribution in [0.2, 0.25) is 0 Å². The maximum atomic E-state index is 12.8. The lowest BCUT2D eigenvalue weighted by Gasteiger charge is -2.19. The number of aromatic nitrogens is 1. The Labute approximate surface area is 167 Å². The van der Waals surface area contributed by atoms with Gasteiger partial charge in [-0.3, -0.25) is 4.79 Å². The predicted octanol–water partition coefficient (Wildman–Crippen LogP) is 4.90. The van der Waals surface area contributed by atoms with Crippen LogP contribution < -0.4 is 10.1 Å². The van der Waals surface area contributed by atoms with Crippen molar-refractivity contribution in [1.82, 2.24) is 9.88 Å². The number of rotatable bonds is 8. The van der Waals surface area contributed by atoms with Gasteiger partial charge in [-0.15, -0.1) is 0 Å². The van der Waals surface area contributed by atoms with Gasteiger partial charge in [-0.2, -0.15) is 0 Å². The lowest BCUT2D eigenvalue weighted by molar-refractivity contribution is 0.102. The highest BCUT2D eigenvalue weighted by Crippen LogP contribution is 2.30. The molecule has 1 aromatic heterocycles. The first-order chi connectivity index (χ1) is 13.1. The number of amides is 1. The number of ether oxygens (including phenoxy) is 1. The van der Waals surface area contributed by atoms with Crippen LogP contribution in [0.4, 0.5) is 5.69 Å². The van der Waals surface area contributed by atoms with E-state index in [1.807, 2.05) is 48.5 Å². The molecule has 0 unspecified atom stereocenters. The average molecular weight is 430 g/mol. The first kappa shape index (κ1) is 19.5. The molecule has 1 heterocycles. The zero-order valence-electron chi connectivity index (χ0n) is 15.6. The number of nitrogens with one attached hydrogen (secondary N) is 2. The summed E-state index contributed by atoms with van der Waals surface area (Å²) < 4.78 is 6.68. The fraction of sp³-hybridized carbons (Fsp3) is 0.286. The Morgan fingerprint density at radius 2 is 1.81 bits per heavy atom. The molecule has 0 bridgehead atoms. The number of halogens is 1. The topological polar surface area (TPSA) is 57.4 Å². The standard InChI is InChI=1S/C21H24BrN3O2/c1-3-25(4-2)13-14-27-18-12-8-7-11-17(18)24-21(26)20-19(22)15-9-5-6-10-16(15)23-20/h5-12,23H,3-4,13-14H2,1-2H3,(H,24,26). The summed E-state index contributed by atoms with van der Waals surface area (Å²) in [6, 6.07) is 15.3. The van der Waals surface area contributed by atoms with Gasteiger partial charge in [-0.1, -0.05) is 44.2 Å². The van der Waals surface area contributed by atoms with E-state index in [0.717, 1.165) is 35.0 Å². The SMILES string of the molecule is CCN(CC)CCOc1ccccc1NC(=O)c1[nH]c2ccccc2c1Br. The Morgan fingerprint density at radius 3 is 2.56 bits per heavy atom. The molecule has 0 saturated carbocycles. The predicted molar refractivity (Wildman–Crippen MR) is 114 cm³/mol. The molecule has 0 spiro atoms. The molecule has 0 saturated heterocycles. The van der Waals surface area contributed by atoms with Gasteiger partial charge >= 0.3 is 0 Å². The van der Waals surface area contributed by atoms with Crippen molar-refractivity contribution in [2.45, 2.75) is 13.8 Å². The van der Waals surface area contributed by atoms with Crippen LogP contribution in [0.1, 0.15) is 24.3 Å². The first-order valence-electron chi connectivity index (χ1n) is 9.15. The molecular formula is C21H24BrN3O2. The van der Waals surface area contributed by atoms with Gasteiger partial charge in [0.25, 0.3) is 5.91 Å². The van der Waals surface area contributed by atoms with Crippen LogP contribution in [0, 0.1) is 0 Å². The monoisotopic (exact) mass is 429 g/mol. The number of nitrogens with zero attached hydrogens (tertiary/aromatic N) is 1. The third kappa shape index (κ3) is 4.51. The molecule has 2 aromatic carbocycles. The number of carbonyl (C=O) groups is 1. The minimum atomic E-state index is -0.210. The summed E-state index contributed by atoms with van der Waals surface area (Å²) in [7, 11) is 0. The van der Waals surface area contributed by atoms with Crippen molar-refractivity contribution in [3.8, 4) is 5.75 Å². The third-order valence-corrected chi connectivity index (χ3v) is 5.39. The first-order valence-corrected chi connectivity index (χ1v) is 9.95. The van der Waals surface area contributed by atoms with Crippen LogP contribution in [-0.2, 0) is 0 Å². The van der Waals surface area contributed by atoms with Crippen LogP contribution in [0.3, 0.4) is 0 Å². The molecule has 0 aliphatic heterocycles. The largest absolute Gasteiger partial charge is 0.490 e. The van der Waals surface area contributed by atoms with E-state index >= 15 is 0 Å². The summed E-state index contributed by atoms with van der Waals surface area (Å²) in [5, 5.41) is 3.93. The van der Waals surface area contributed by atoms with Crippen molar-refractivity contribution in [3.63, 3.8) is 0 Å². The van der Waals surface area contributed by atoms with E-state index < -0.39 is 0 Å². The molecule has 3 rings (SSSR count). The summed E-state index contributed by atoms with van der Waals surface area (Å²) in [6.07, 6.45) is 0. The Bertz CT molecular complexity index is 919. The molecule has 0 atom stereocenters. The minimum absolute atomic E-state index is 0.210. The summed E-state index contributed by atoms with van der Waals surface area (Å²) in [6.45, 7) is 7.68. The van der Waals surface area contributed by atoms with E-state index in [-0.39, 0.29) is 5.91 Å². The number of carbonyl (C=O) groups excluding carboxylic acids is 1. The zero-order valence-corrected chi connectivity index (χ0v) is 17.2. The van der Waals surface area contributed by atoms with E-state index in [1.54, 1.807) is 0 Å². The van der Waals surface area contributed by atoms with Gasteiger partial charge in [0.2, 0.25) is 0 Å². The lowest BCUT2D eigenvalue weighted by atomic mass is 10.2. The van der Waals surface area contributed by atoms with Gasteiger partial charge in [0, 0.05) is 17.4 Å². The fourth-order valence-corrected chi connectivity index (χ4v) is 3.59. The van der Waals surface area contributed by atoms with Crippen LogP contribution in [0.15, 0.2) is 53.0 Å². The number of anilines is 1. The van der Waals surface area contributed by atoms with E-state index in [4.69, 9.17) is 4.74 Å². The lowest BCUT2D eigenvalue weighted by Crippen LogP contribution is -2.28. The third-order valence-electron chi connectivity index (χ3n) is 4.56. The smallest absolute Gasteiger partial charge is 0.273 e. The highest BCUT2D eigenvalue weighted by molar-refractivity contribution is 9.10. The minimum Gasteiger partial charge on any atom is -0.490 e. The van der Waals surface area contributed by atoms with Gasteiger partial charge in [-0.25, -0.2) is 0 Å². The molecule has 1 amide bonds. The Morgan fingerprint density at radius 1 is 1.11 bits per heavy atom. The quantitative estimate of drug-likeness (QED) is 0.534. The summed E-state index contributed by atoms with van der Waals surface area (Å²) in [5.74, 6) is 0.461. The summed E-state index contributed by atoms with van der Waals surface area (Å²) >= 11 is 3.53. The summed E-state index contributed by atoms with van der Waals surface area (Å²) in [4.78, 5) is 18.3. The molecule has 0 aliphatic carbocycles. The van der Waals surface area contributed by atoms with Crippen molar-refractivity contribution in [2.24, 2.45) is 0 Å². The van der Waals surface area contributed by atoms with Gasteiger partial charge in [-0.05, 0) is 47.2 Å². The van der Waals surface area contributed by atoms with E-state index in [1.165, 1.54) is 0 Å². The Hall–Kier alpha value is -2.31. The number of hydrogen-bond acceptors (Lipinski definition) is 3. The van der Waals surface area contributed by atoms with Crippen molar-refractivity contribution in [3.05, 3.63) is 58.7 Å². The highest BCUT2D eigenvalue weighted by Gasteiger charge is 2.17. The second kappa shape index (κ2) is 9.06. The number of aromatic amines is 1. The number of likely N-dealkylation sites (N-methyl/N-ethyl adjacent to an activating group) is 1. The van der Waals surface area contributed by atoms with Gasteiger partial charge in [0.1, 0.15) is 18.1 Å². The molecular weight excluding hydrogens is 406 g/mol. The molecule has 27 heavy (non-hydrogen) atoms. The van der Waals surface area contributed by atoms with Crippen LogP contribution >= 0.6 is 15.9 Å². The molecule has 5 nitrogen and oxygen atoms in total. The molecule has 6 heteroatoms. The van der Waals surface area contributed by atoms with Gasteiger partial charge in [0.05, 0.1) is 10.2 Å². The number of hydrogen-bond donors (Lipinski definition) is 2. The maximum Gasteiger partial charge on any atom is 0.273 e. The molecule has 0 fully saturated rings. The molecule has 142 valence electrons. The van der Waals surface area contributed by atoms with Crippen LogP contribution in [0.25, 0.3) is 10.9 Å². The van der Waals surface area contributed by atoms with Crippen molar-refractivity contribution < 1.29 is 9.53 Å². The van der Waals surface area contributed by atoms with Crippen LogP contribution in [0.5, 0.6) is 5.75 Å². The average Bonchev–Trinajstić information content (AvgIpc) is 3.03. The molecule has 0 aliphatic rings. The zero-order chi connectivity index (χ0) is 19.2. The second-order valence-electron chi connectivity index (χ2n) is 6.19. The Kier molecular flexibility index (Phi) is 6.53.